The average Bonchev–Trinajstić information content (AvgIpc) is 2.74. The van der Waals surface area contributed by atoms with Gasteiger partial charge in [0.15, 0.2) is 0 Å². The van der Waals surface area contributed by atoms with Crippen LogP contribution in [0.3, 0.4) is 0 Å². The summed E-state index contributed by atoms with van der Waals surface area (Å²) in [7, 11) is 0. The van der Waals surface area contributed by atoms with Gasteiger partial charge in [0.05, 0.1) is 6.61 Å². The van der Waals surface area contributed by atoms with E-state index in [1.165, 1.54) is 0 Å². The Labute approximate surface area is 197 Å². The number of nitrogens with one attached hydrogen (secondary N) is 1. The van der Waals surface area contributed by atoms with Gasteiger partial charge < -0.3 is 25.2 Å². The number of hydrogen-bond donors (Lipinski definition) is 5. The average molecular weight is 585 g/mol. The van der Waals surface area contributed by atoms with E-state index in [-0.39, 0.29) is 24.1 Å². The van der Waals surface area contributed by atoms with Crippen molar-refractivity contribution in [3.8, 4) is 0 Å². The Bertz CT molecular complexity index is 725. The van der Waals surface area contributed by atoms with Crippen molar-refractivity contribution < 1.29 is 82.2 Å². The summed E-state index contributed by atoms with van der Waals surface area (Å²) < 4.78 is 174. The first kappa shape index (κ1) is 33.2. The van der Waals surface area contributed by atoms with E-state index in [1.54, 1.807) is 0 Å². The Kier molecular flexibility index (Phi) is 10.3. The van der Waals surface area contributed by atoms with Crippen LogP contribution < -0.4 is 5.32 Å². The molecule has 0 saturated carbocycles. The first-order valence-electron chi connectivity index (χ1n) is 9.58. The second-order valence-corrected chi connectivity index (χ2v) is 8.79. The van der Waals surface area contributed by atoms with Crippen molar-refractivity contribution >= 4 is 11.8 Å². The molecular weight excluding hydrogens is 565 g/mol. The standard InChI is InChI=1S/C16H20F13NO5S/c17-11(18,12(19,20)13(21,22)14(23,24)15(25,26)16(27,28)29)1-3-36-4-2-30-10-9(34)8(33)7(32)6(5-31)35-10/h6-10,30-34H,1-5H2. The van der Waals surface area contributed by atoms with Gasteiger partial charge in [0, 0.05) is 18.7 Å². The maximum absolute atomic E-state index is 13.7. The monoisotopic (exact) mass is 585 g/mol. The summed E-state index contributed by atoms with van der Waals surface area (Å²) in [5, 5.41) is 40.3. The molecule has 6 nitrogen and oxygen atoms in total. The molecule has 1 fully saturated rings. The molecule has 5 atom stereocenters. The van der Waals surface area contributed by atoms with Gasteiger partial charge in [0.1, 0.15) is 30.6 Å². The van der Waals surface area contributed by atoms with Crippen LogP contribution >= 0.6 is 11.8 Å². The molecule has 0 aromatic carbocycles. The number of thioether (sulfide) groups is 1. The molecule has 36 heavy (non-hydrogen) atoms. The third-order valence-electron chi connectivity index (χ3n) is 5.04. The van der Waals surface area contributed by atoms with Crippen LogP contribution in [-0.2, 0) is 4.74 Å². The minimum atomic E-state index is -7.94. The quantitative estimate of drug-likeness (QED) is 0.177. The molecule has 0 aromatic rings. The molecular formula is C16H20F13NO5S. The molecule has 216 valence electrons. The number of ether oxygens (including phenoxy) is 1. The van der Waals surface area contributed by atoms with Gasteiger partial charge in [-0.2, -0.15) is 68.8 Å². The van der Waals surface area contributed by atoms with Gasteiger partial charge in [0.25, 0.3) is 0 Å². The second-order valence-electron chi connectivity index (χ2n) is 7.57. The fourth-order valence-electron chi connectivity index (χ4n) is 2.81. The molecule has 0 aliphatic carbocycles. The molecule has 1 rings (SSSR count). The molecule has 20 heteroatoms. The van der Waals surface area contributed by atoms with Crippen LogP contribution in [0.1, 0.15) is 6.42 Å². The summed E-state index contributed by atoms with van der Waals surface area (Å²) in [4.78, 5) is 0. The van der Waals surface area contributed by atoms with Crippen LogP contribution in [-0.4, -0.2) is 112 Å². The van der Waals surface area contributed by atoms with Crippen LogP contribution in [0.25, 0.3) is 0 Å². The van der Waals surface area contributed by atoms with Crippen molar-refractivity contribution in [3.63, 3.8) is 0 Å². The van der Waals surface area contributed by atoms with Crippen molar-refractivity contribution in [2.75, 3.05) is 24.7 Å². The molecule has 1 saturated heterocycles. The molecule has 1 aliphatic rings. The van der Waals surface area contributed by atoms with Crippen LogP contribution in [0, 0.1) is 0 Å². The summed E-state index contributed by atoms with van der Waals surface area (Å²) in [5.41, 5.74) is 0. The van der Waals surface area contributed by atoms with Crippen molar-refractivity contribution in [1.82, 2.24) is 5.32 Å². The van der Waals surface area contributed by atoms with Gasteiger partial charge in [0.2, 0.25) is 0 Å². The summed E-state index contributed by atoms with van der Waals surface area (Å²) in [6, 6.07) is 0. The SMILES string of the molecule is OCC1OC(NCCSCCC(F)(F)C(F)(F)C(F)(F)C(F)(F)C(F)(F)C(F)(F)F)C(O)C(O)C1O. The highest BCUT2D eigenvalue weighted by Gasteiger charge is 2.90. The Morgan fingerprint density at radius 3 is 1.64 bits per heavy atom. The van der Waals surface area contributed by atoms with Crippen molar-refractivity contribution in [3.05, 3.63) is 0 Å². The second kappa shape index (κ2) is 11.1. The number of rotatable bonds is 12. The first-order valence-corrected chi connectivity index (χ1v) is 10.7. The Hall–Kier alpha value is -0.800. The van der Waals surface area contributed by atoms with Gasteiger partial charge >= 0.3 is 35.8 Å². The van der Waals surface area contributed by atoms with Gasteiger partial charge in [-0.15, -0.1) is 0 Å². The van der Waals surface area contributed by atoms with Crippen LogP contribution in [0.5, 0.6) is 0 Å². The predicted octanol–water partition coefficient (Wildman–Crippen LogP) is 2.24. The fourth-order valence-corrected chi connectivity index (χ4v) is 3.67. The molecule has 5 N–H and O–H groups in total. The molecule has 5 unspecified atom stereocenters. The molecule has 0 radical (unpaired) electrons. The minimum Gasteiger partial charge on any atom is -0.394 e. The van der Waals surface area contributed by atoms with Crippen molar-refractivity contribution in [2.45, 2.75) is 72.9 Å². The van der Waals surface area contributed by atoms with Gasteiger partial charge in [-0.3, -0.25) is 5.32 Å². The Morgan fingerprint density at radius 2 is 1.17 bits per heavy atom. The van der Waals surface area contributed by atoms with Gasteiger partial charge in [-0.1, -0.05) is 0 Å². The van der Waals surface area contributed by atoms with E-state index in [4.69, 9.17) is 9.84 Å². The number of aliphatic hydroxyl groups is 4. The molecule has 0 spiro atoms. The number of hydrogen-bond acceptors (Lipinski definition) is 7. The topological polar surface area (TPSA) is 102 Å². The first-order chi connectivity index (χ1) is 16.0. The lowest BCUT2D eigenvalue weighted by Gasteiger charge is -2.40. The zero-order chi connectivity index (χ0) is 28.5. The Morgan fingerprint density at radius 1 is 0.667 bits per heavy atom. The predicted molar refractivity (Wildman–Crippen MR) is 94.5 cm³/mol. The molecule has 1 heterocycles. The lowest BCUT2D eigenvalue weighted by atomic mass is 9.93. The highest BCUT2D eigenvalue weighted by atomic mass is 32.2. The number of aliphatic hydroxyl groups excluding tert-OH is 4. The Balaban J connectivity index is 2.73. The van der Waals surface area contributed by atoms with E-state index >= 15 is 0 Å². The highest BCUT2D eigenvalue weighted by molar-refractivity contribution is 7.99. The largest absolute Gasteiger partial charge is 0.460 e. The van der Waals surface area contributed by atoms with Crippen molar-refractivity contribution in [2.24, 2.45) is 0 Å². The number of halogens is 13. The molecule has 1 aliphatic heterocycles. The molecule has 0 aromatic heterocycles. The maximum atomic E-state index is 13.7. The van der Waals surface area contributed by atoms with Gasteiger partial charge in [-0.05, 0) is 5.75 Å². The third kappa shape index (κ3) is 5.93. The van der Waals surface area contributed by atoms with Gasteiger partial charge in [-0.25, -0.2) is 0 Å². The maximum Gasteiger partial charge on any atom is 0.460 e. The highest BCUT2D eigenvalue weighted by Crippen LogP contribution is 2.60. The summed E-state index contributed by atoms with van der Waals surface area (Å²) in [6.45, 7) is -1.12. The smallest absolute Gasteiger partial charge is 0.394 e. The van der Waals surface area contributed by atoms with E-state index in [0.717, 1.165) is 0 Å². The van der Waals surface area contributed by atoms with E-state index < -0.39 is 85.2 Å². The van der Waals surface area contributed by atoms with E-state index in [1.807, 2.05) is 0 Å². The minimum absolute atomic E-state index is 0.287. The van der Waals surface area contributed by atoms with Crippen LogP contribution in [0.15, 0.2) is 0 Å². The number of alkyl halides is 13. The summed E-state index contributed by atoms with van der Waals surface area (Å²) in [5.74, 6) is -38.6. The fraction of sp³-hybridized carbons (Fsp3) is 1.00. The lowest BCUT2D eigenvalue weighted by molar-refractivity contribution is -0.439. The normalized spacial score (nSPS) is 27.4. The molecule has 0 bridgehead atoms. The lowest BCUT2D eigenvalue weighted by Crippen LogP contribution is -2.70. The van der Waals surface area contributed by atoms with Crippen LogP contribution in [0.4, 0.5) is 57.1 Å². The summed E-state index contributed by atoms with van der Waals surface area (Å²) >= 11 is 0.287. The third-order valence-corrected chi connectivity index (χ3v) is 6.03. The van der Waals surface area contributed by atoms with Crippen LogP contribution in [0.2, 0.25) is 0 Å². The van der Waals surface area contributed by atoms with Crippen molar-refractivity contribution in [1.29, 1.82) is 0 Å². The summed E-state index contributed by atoms with van der Waals surface area (Å²) in [6.07, 6.45) is -17.8. The van der Waals surface area contributed by atoms with E-state index in [0.29, 0.717) is 0 Å². The zero-order valence-electron chi connectivity index (χ0n) is 17.4. The zero-order valence-corrected chi connectivity index (χ0v) is 18.3. The van der Waals surface area contributed by atoms with E-state index in [2.05, 4.69) is 5.32 Å². The molecule has 0 amide bonds. The van der Waals surface area contributed by atoms with E-state index in [9.17, 15) is 72.4 Å².